The van der Waals surface area contributed by atoms with Crippen LogP contribution in [0.3, 0.4) is 0 Å². The molecule has 1 aliphatic heterocycles. The molecule has 0 unspecified atom stereocenters. The molecule has 0 atom stereocenters. The minimum absolute atomic E-state index is 0.331. The van der Waals surface area contributed by atoms with Crippen molar-refractivity contribution in [3.8, 4) is 0 Å². The highest BCUT2D eigenvalue weighted by molar-refractivity contribution is 6.35. The number of hydrogen-bond acceptors (Lipinski definition) is 5. The number of nitrogens with one attached hydrogen (secondary N) is 1. The molecule has 0 bridgehead atoms. The number of rotatable bonds is 4. The van der Waals surface area contributed by atoms with E-state index in [0.29, 0.717) is 22.7 Å². The molecule has 0 aromatic carbocycles. The fraction of sp³-hybridized carbons (Fsp3) is 0.667. The van der Waals surface area contributed by atoms with Crippen molar-refractivity contribution in [2.45, 2.75) is 32.2 Å². The van der Waals surface area contributed by atoms with E-state index >= 15 is 0 Å². The summed E-state index contributed by atoms with van der Waals surface area (Å²) in [7, 11) is 0. The molecule has 1 fully saturated rings. The Morgan fingerprint density at radius 3 is 2.83 bits per heavy atom. The van der Waals surface area contributed by atoms with Crippen molar-refractivity contribution in [3.63, 3.8) is 0 Å². The molecule has 1 aliphatic rings. The molecule has 0 aliphatic carbocycles. The molecule has 1 aromatic rings. The second-order valence-corrected chi connectivity index (χ2v) is 5.06. The molecular weight excluding hydrogens is 250 g/mol. The summed E-state index contributed by atoms with van der Waals surface area (Å²) in [5.74, 6) is 0.982. The van der Waals surface area contributed by atoms with Crippen LogP contribution in [-0.2, 0) is 0 Å². The number of halogens is 1. The molecular formula is C12H20ClN5. The van der Waals surface area contributed by atoms with Crippen LogP contribution in [0.4, 0.5) is 11.6 Å². The summed E-state index contributed by atoms with van der Waals surface area (Å²) in [5, 5.41) is 3.79. The first-order chi connectivity index (χ1) is 8.70. The van der Waals surface area contributed by atoms with Gasteiger partial charge in [-0.05, 0) is 25.8 Å². The molecule has 100 valence electrons. The van der Waals surface area contributed by atoms with Crippen molar-refractivity contribution in [1.29, 1.82) is 0 Å². The highest BCUT2D eigenvalue weighted by Gasteiger charge is 2.19. The van der Waals surface area contributed by atoms with Crippen molar-refractivity contribution in [3.05, 3.63) is 11.3 Å². The van der Waals surface area contributed by atoms with Gasteiger partial charge in [0.25, 0.3) is 0 Å². The topological polar surface area (TPSA) is 67.1 Å². The molecule has 0 saturated carbocycles. The van der Waals surface area contributed by atoms with Crippen molar-refractivity contribution in [1.82, 2.24) is 14.9 Å². The number of nitrogen functional groups attached to an aromatic ring is 1. The van der Waals surface area contributed by atoms with E-state index < -0.39 is 0 Å². The maximum Gasteiger partial charge on any atom is 0.150 e. The number of nitrogens with zero attached hydrogens (tertiary/aromatic N) is 3. The Kier molecular flexibility index (Phi) is 4.60. The van der Waals surface area contributed by atoms with Gasteiger partial charge < -0.3 is 16.0 Å². The van der Waals surface area contributed by atoms with Crippen LogP contribution in [0.2, 0.25) is 5.02 Å². The summed E-state index contributed by atoms with van der Waals surface area (Å²) < 4.78 is 0. The van der Waals surface area contributed by atoms with E-state index in [1.165, 1.54) is 19.3 Å². The van der Waals surface area contributed by atoms with Crippen LogP contribution in [0.25, 0.3) is 0 Å². The zero-order chi connectivity index (χ0) is 13.0. The summed E-state index contributed by atoms with van der Waals surface area (Å²) >= 11 is 6.07. The van der Waals surface area contributed by atoms with Crippen LogP contribution in [0.1, 0.15) is 26.2 Å². The second-order valence-electron chi connectivity index (χ2n) is 4.68. The number of nitrogens with two attached hydrogens (primary N) is 1. The SMILES string of the molecule is CCCN1CCC(Nc2ncnc(N)c2Cl)CC1. The minimum atomic E-state index is 0.331. The van der Waals surface area contributed by atoms with Gasteiger partial charge >= 0.3 is 0 Å². The largest absolute Gasteiger partial charge is 0.382 e. The number of hydrogen-bond donors (Lipinski definition) is 2. The fourth-order valence-corrected chi connectivity index (χ4v) is 2.45. The Bertz CT molecular complexity index is 390. The molecule has 2 rings (SSSR count). The molecule has 0 radical (unpaired) electrons. The molecule has 2 heterocycles. The quantitative estimate of drug-likeness (QED) is 0.875. The molecule has 18 heavy (non-hydrogen) atoms. The van der Waals surface area contributed by atoms with Gasteiger partial charge in [0.1, 0.15) is 17.2 Å². The molecule has 3 N–H and O–H groups in total. The molecule has 5 nitrogen and oxygen atoms in total. The van der Waals surface area contributed by atoms with Crippen molar-refractivity contribution in [2.24, 2.45) is 0 Å². The lowest BCUT2D eigenvalue weighted by Crippen LogP contribution is -2.39. The van der Waals surface area contributed by atoms with Crippen LogP contribution in [0.5, 0.6) is 0 Å². The predicted octanol–water partition coefficient (Wildman–Crippen LogP) is 2.00. The summed E-state index contributed by atoms with van der Waals surface area (Å²) in [6.07, 6.45) is 4.88. The number of piperidine rings is 1. The maximum absolute atomic E-state index is 6.07. The third-order valence-electron chi connectivity index (χ3n) is 3.28. The van der Waals surface area contributed by atoms with Crippen LogP contribution in [0, 0.1) is 0 Å². The Morgan fingerprint density at radius 2 is 2.17 bits per heavy atom. The first-order valence-corrected chi connectivity index (χ1v) is 6.83. The molecule has 0 spiro atoms. The summed E-state index contributed by atoms with van der Waals surface area (Å²) in [5.41, 5.74) is 5.66. The lowest BCUT2D eigenvalue weighted by atomic mass is 10.0. The third-order valence-corrected chi connectivity index (χ3v) is 3.66. The lowest BCUT2D eigenvalue weighted by Gasteiger charge is -2.32. The van der Waals surface area contributed by atoms with Gasteiger partial charge in [-0.1, -0.05) is 18.5 Å². The standard InChI is InChI=1S/C12H20ClN5/c1-2-5-18-6-3-9(4-7-18)17-12-10(13)11(14)15-8-16-12/h8-9H,2-7H2,1H3,(H3,14,15,16,17). The zero-order valence-electron chi connectivity index (χ0n) is 10.7. The van der Waals surface area contributed by atoms with E-state index in [1.807, 2.05) is 0 Å². The number of anilines is 2. The first kappa shape index (κ1) is 13.4. The highest BCUT2D eigenvalue weighted by Crippen LogP contribution is 2.25. The van der Waals surface area contributed by atoms with E-state index in [9.17, 15) is 0 Å². The van der Waals surface area contributed by atoms with Gasteiger partial charge in [-0.3, -0.25) is 0 Å². The number of aromatic nitrogens is 2. The van der Waals surface area contributed by atoms with Crippen molar-refractivity contribution < 1.29 is 0 Å². The van der Waals surface area contributed by atoms with Crippen LogP contribution in [-0.4, -0.2) is 40.5 Å². The van der Waals surface area contributed by atoms with E-state index in [2.05, 4.69) is 27.1 Å². The maximum atomic E-state index is 6.07. The fourth-order valence-electron chi connectivity index (χ4n) is 2.29. The molecule has 1 saturated heterocycles. The zero-order valence-corrected chi connectivity index (χ0v) is 11.5. The lowest BCUT2D eigenvalue weighted by molar-refractivity contribution is 0.219. The summed E-state index contributed by atoms with van der Waals surface area (Å²) in [6, 6.07) is 0.421. The Balaban J connectivity index is 1.90. The Labute approximate surface area is 113 Å². The summed E-state index contributed by atoms with van der Waals surface area (Å²) in [6.45, 7) is 5.66. The van der Waals surface area contributed by atoms with Crippen LogP contribution >= 0.6 is 11.6 Å². The normalized spacial score (nSPS) is 17.9. The molecule has 1 aromatic heterocycles. The monoisotopic (exact) mass is 269 g/mol. The van der Waals surface area contributed by atoms with Crippen molar-refractivity contribution in [2.75, 3.05) is 30.7 Å². The number of likely N-dealkylation sites (tertiary alicyclic amines) is 1. The van der Waals surface area contributed by atoms with Gasteiger partial charge in [-0.25, -0.2) is 9.97 Å². The Hall–Kier alpha value is -1.07. The van der Waals surface area contributed by atoms with E-state index in [1.54, 1.807) is 0 Å². The Morgan fingerprint density at radius 1 is 1.44 bits per heavy atom. The second kappa shape index (κ2) is 6.20. The van der Waals surface area contributed by atoms with Gasteiger partial charge in [0.2, 0.25) is 0 Å². The van der Waals surface area contributed by atoms with Crippen molar-refractivity contribution >= 4 is 23.2 Å². The van der Waals surface area contributed by atoms with Gasteiger partial charge in [0, 0.05) is 19.1 Å². The van der Waals surface area contributed by atoms with E-state index in [-0.39, 0.29) is 0 Å². The van der Waals surface area contributed by atoms with Crippen LogP contribution in [0.15, 0.2) is 6.33 Å². The molecule has 0 amide bonds. The van der Waals surface area contributed by atoms with Gasteiger partial charge in [0.05, 0.1) is 0 Å². The van der Waals surface area contributed by atoms with E-state index in [0.717, 1.165) is 25.9 Å². The minimum Gasteiger partial charge on any atom is -0.382 e. The summed E-state index contributed by atoms with van der Waals surface area (Å²) in [4.78, 5) is 10.5. The van der Waals surface area contributed by atoms with Gasteiger partial charge in [-0.2, -0.15) is 0 Å². The molecule has 6 heteroatoms. The average molecular weight is 270 g/mol. The van der Waals surface area contributed by atoms with Crippen LogP contribution < -0.4 is 11.1 Å². The first-order valence-electron chi connectivity index (χ1n) is 6.45. The smallest absolute Gasteiger partial charge is 0.150 e. The third kappa shape index (κ3) is 3.23. The average Bonchev–Trinajstić information content (AvgIpc) is 2.38. The van der Waals surface area contributed by atoms with Gasteiger partial charge in [-0.15, -0.1) is 0 Å². The predicted molar refractivity (Wildman–Crippen MR) is 74.8 cm³/mol. The van der Waals surface area contributed by atoms with Gasteiger partial charge in [0.15, 0.2) is 5.82 Å². The highest BCUT2D eigenvalue weighted by atomic mass is 35.5. The van der Waals surface area contributed by atoms with E-state index in [4.69, 9.17) is 17.3 Å².